The average Bonchev–Trinajstić information content (AvgIpc) is 3.10. The molecule has 2 aliphatic heterocycles. The van der Waals surface area contributed by atoms with Gasteiger partial charge in [-0.15, -0.1) is 11.5 Å². The summed E-state index contributed by atoms with van der Waals surface area (Å²) in [6.45, 7) is 7.00. The summed E-state index contributed by atoms with van der Waals surface area (Å²) in [5.74, 6) is 3.34. The molecule has 3 aliphatic rings. The molecule has 0 radical (unpaired) electrons. The molecule has 0 saturated carbocycles. The van der Waals surface area contributed by atoms with Crippen molar-refractivity contribution in [1.82, 2.24) is 4.90 Å². The molecule has 1 N–H and O–H groups in total. The number of benzene rings is 2. The van der Waals surface area contributed by atoms with Crippen LogP contribution in [0, 0.1) is 11.5 Å². The van der Waals surface area contributed by atoms with E-state index in [2.05, 4.69) is 79.6 Å². The Morgan fingerprint density at radius 2 is 1.59 bits per heavy atom. The molecule has 2 bridgehead atoms. The Balaban J connectivity index is 1.28. The van der Waals surface area contributed by atoms with E-state index >= 15 is 0 Å². The van der Waals surface area contributed by atoms with Crippen LogP contribution in [0.25, 0.3) is 11.1 Å². The zero-order valence-corrected chi connectivity index (χ0v) is 21.5. The number of hydrogen-bond donors (Lipinski definition) is 1. The Labute approximate surface area is 204 Å². The van der Waals surface area contributed by atoms with Gasteiger partial charge in [0, 0.05) is 24.4 Å². The first-order valence-corrected chi connectivity index (χ1v) is 16.1. The van der Waals surface area contributed by atoms with Crippen LogP contribution in [0.2, 0.25) is 19.6 Å². The van der Waals surface area contributed by atoms with E-state index in [1.165, 1.54) is 22.3 Å². The fourth-order valence-electron chi connectivity index (χ4n) is 6.11. The number of hydrogen-bond acceptors (Lipinski definition) is 3. The van der Waals surface area contributed by atoms with Crippen LogP contribution in [0.4, 0.5) is 4.79 Å². The molecule has 178 valence electrons. The van der Waals surface area contributed by atoms with Crippen LogP contribution in [-0.2, 0) is 4.74 Å². The summed E-state index contributed by atoms with van der Waals surface area (Å²) in [7, 11) is -1.47. The predicted molar refractivity (Wildman–Crippen MR) is 138 cm³/mol. The van der Waals surface area contributed by atoms with E-state index in [1.54, 1.807) is 0 Å². The molecule has 2 saturated heterocycles. The van der Waals surface area contributed by atoms with Gasteiger partial charge in [0.05, 0.1) is 5.60 Å². The van der Waals surface area contributed by atoms with Crippen molar-refractivity contribution in [2.24, 2.45) is 0 Å². The zero-order valence-electron chi connectivity index (χ0n) is 20.5. The van der Waals surface area contributed by atoms with Crippen LogP contribution >= 0.6 is 0 Å². The molecule has 1 amide bonds. The minimum atomic E-state index is -1.47. The van der Waals surface area contributed by atoms with Gasteiger partial charge in [0.2, 0.25) is 0 Å². The minimum absolute atomic E-state index is 0.0295. The second kappa shape index (κ2) is 8.91. The lowest BCUT2D eigenvalue weighted by molar-refractivity contribution is -0.0816. The van der Waals surface area contributed by atoms with Crippen molar-refractivity contribution >= 4 is 14.2 Å². The molecule has 2 fully saturated rings. The van der Waals surface area contributed by atoms with Gasteiger partial charge in [-0.2, -0.15) is 0 Å². The number of carbonyl (C=O) groups is 1. The van der Waals surface area contributed by atoms with Crippen molar-refractivity contribution in [2.75, 3.05) is 6.61 Å². The molecule has 0 spiro atoms. The van der Waals surface area contributed by atoms with Gasteiger partial charge < -0.3 is 14.7 Å². The Kier molecular flexibility index (Phi) is 6.08. The lowest BCUT2D eigenvalue weighted by atomic mass is 9.74. The smallest absolute Gasteiger partial charge is 0.410 e. The summed E-state index contributed by atoms with van der Waals surface area (Å²) >= 11 is 0. The van der Waals surface area contributed by atoms with Crippen molar-refractivity contribution in [1.29, 1.82) is 0 Å². The molecule has 2 unspecified atom stereocenters. The summed E-state index contributed by atoms with van der Waals surface area (Å²) in [6.07, 6.45) is 4.39. The number of aliphatic hydroxyl groups is 1. The van der Waals surface area contributed by atoms with Crippen LogP contribution in [0.15, 0.2) is 48.5 Å². The zero-order chi connectivity index (χ0) is 23.9. The van der Waals surface area contributed by atoms with Gasteiger partial charge in [-0.3, -0.25) is 0 Å². The SMILES string of the molecule is C[Si](C)(C)C#CCC1(O)CC2CCCC(C1)N2C(=O)OCC1c2ccccc2-c2ccccc21. The highest BCUT2D eigenvalue weighted by Gasteiger charge is 2.47. The van der Waals surface area contributed by atoms with E-state index in [9.17, 15) is 9.90 Å². The van der Waals surface area contributed by atoms with Crippen molar-refractivity contribution < 1.29 is 14.6 Å². The highest BCUT2D eigenvalue weighted by atomic mass is 28.3. The van der Waals surface area contributed by atoms with Crippen LogP contribution in [0.1, 0.15) is 55.6 Å². The fourth-order valence-corrected chi connectivity index (χ4v) is 6.73. The molecule has 2 atom stereocenters. The van der Waals surface area contributed by atoms with Gasteiger partial charge in [-0.25, -0.2) is 4.79 Å². The first kappa shape index (κ1) is 23.2. The van der Waals surface area contributed by atoms with Gasteiger partial charge in [-0.05, 0) is 54.4 Å². The summed E-state index contributed by atoms with van der Waals surface area (Å²) in [5.41, 5.74) is 7.51. The third-order valence-corrected chi connectivity index (χ3v) is 8.45. The molecule has 2 heterocycles. The van der Waals surface area contributed by atoms with Crippen LogP contribution < -0.4 is 0 Å². The molecule has 34 heavy (non-hydrogen) atoms. The van der Waals surface area contributed by atoms with Gasteiger partial charge in [0.15, 0.2) is 0 Å². The second-order valence-corrected chi connectivity index (χ2v) is 16.1. The maximum Gasteiger partial charge on any atom is 0.410 e. The first-order valence-electron chi connectivity index (χ1n) is 12.6. The van der Waals surface area contributed by atoms with Crippen molar-refractivity contribution in [2.45, 2.75) is 81.8 Å². The summed E-state index contributed by atoms with van der Waals surface area (Å²) in [5, 5.41) is 11.3. The second-order valence-electron chi connectivity index (χ2n) is 11.3. The number of ether oxygens (including phenoxy) is 1. The Hall–Kier alpha value is -2.55. The highest BCUT2D eigenvalue weighted by molar-refractivity contribution is 6.83. The van der Waals surface area contributed by atoms with E-state index < -0.39 is 13.7 Å². The molecular formula is C29H35NO3Si. The van der Waals surface area contributed by atoms with E-state index in [4.69, 9.17) is 4.74 Å². The van der Waals surface area contributed by atoms with E-state index in [0.29, 0.717) is 25.9 Å². The number of rotatable bonds is 3. The minimum Gasteiger partial charge on any atom is -0.448 e. The molecule has 0 aromatic heterocycles. The molecule has 2 aromatic rings. The summed E-state index contributed by atoms with van der Waals surface area (Å²) in [4.78, 5) is 15.3. The Morgan fingerprint density at radius 3 is 2.15 bits per heavy atom. The molecule has 5 rings (SSSR count). The fraction of sp³-hybridized carbons (Fsp3) is 0.483. The van der Waals surface area contributed by atoms with Gasteiger partial charge >= 0.3 is 6.09 Å². The number of piperidine rings is 2. The van der Waals surface area contributed by atoms with Crippen LogP contribution in [-0.4, -0.2) is 48.5 Å². The monoisotopic (exact) mass is 473 g/mol. The number of carbonyl (C=O) groups excluding carboxylic acids is 1. The lowest BCUT2D eigenvalue weighted by Crippen LogP contribution is -2.60. The van der Waals surface area contributed by atoms with Crippen LogP contribution in [0.3, 0.4) is 0 Å². The van der Waals surface area contributed by atoms with E-state index in [0.717, 1.165) is 19.3 Å². The number of nitrogens with zero attached hydrogens (tertiary/aromatic N) is 1. The highest BCUT2D eigenvalue weighted by Crippen LogP contribution is 2.45. The summed E-state index contributed by atoms with van der Waals surface area (Å²) in [6, 6.07) is 16.9. The molecule has 1 aliphatic carbocycles. The van der Waals surface area contributed by atoms with E-state index in [-0.39, 0.29) is 24.1 Å². The quantitative estimate of drug-likeness (QED) is 0.442. The van der Waals surface area contributed by atoms with Crippen molar-refractivity contribution in [3.8, 4) is 22.6 Å². The molecular weight excluding hydrogens is 438 g/mol. The van der Waals surface area contributed by atoms with Crippen molar-refractivity contribution in [3.63, 3.8) is 0 Å². The van der Waals surface area contributed by atoms with Gasteiger partial charge in [-0.1, -0.05) is 68.2 Å². The normalized spacial score (nSPS) is 25.7. The maximum atomic E-state index is 13.3. The predicted octanol–water partition coefficient (Wildman–Crippen LogP) is 5.95. The van der Waals surface area contributed by atoms with Gasteiger partial charge in [0.25, 0.3) is 0 Å². The Bertz CT molecular complexity index is 1080. The first-order chi connectivity index (χ1) is 16.2. The third kappa shape index (κ3) is 4.54. The number of amides is 1. The standard InChI is InChI=1S/C29H35NO3Si/c1-34(2,3)17-9-16-29(32)18-21-10-8-11-22(19-29)30(21)28(31)33-20-27-25-14-6-4-12-23(25)24-13-5-7-15-26(24)27/h4-7,12-15,21-22,27,32H,8,10-11,16,18-20H2,1-3H3. The average molecular weight is 474 g/mol. The molecule has 2 aromatic carbocycles. The maximum absolute atomic E-state index is 13.3. The topological polar surface area (TPSA) is 49.8 Å². The molecule has 5 heteroatoms. The van der Waals surface area contributed by atoms with E-state index in [1.807, 2.05) is 4.90 Å². The largest absolute Gasteiger partial charge is 0.448 e. The lowest BCUT2D eigenvalue weighted by Gasteiger charge is -2.51. The number of fused-ring (bicyclic) bond motifs is 5. The van der Waals surface area contributed by atoms with Crippen molar-refractivity contribution in [3.05, 3.63) is 59.7 Å². The third-order valence-electron chi connectivity index (χ3n) is 7.52. The molecule has 4 nitrogen and oxygen atoms in total. The Morgan fingerprint density at radius 1 is 1.03 bits per heavy atom. The van der Waals surface area contributed by atoms with Crippen LogP contribution in [0.5, 0.6) is 0 Å². The summed E-state index contributed by atoms with van der Waals surface area (Å²) < 4.78 is 5.99. The van der Waals surface area contributed by atoms with Gasteiger partial charge in [0.1, 0.15) is 14.7 Å².